The minimum absolute atomic E-state index is 0.808. The van der Waals surface area contributed by atoms with Crippen molar-refractivity contribution < 1.29 is 0 Å². The van der Waals surface area contributed by atoms with E-state index in [2.05, 4.69) is 51.1 Å². The van der Waals surface area contributed by atoms with Crippen LogP contribution in [0.15, 0.2) is 40.9 Å². The first-order valence-corrected chi connectivity index (χ1v) is 8.55. The summed E-state index contributed by atoms with van der Waals surface area (Å²) in [5.41, 5.74) is 3.99. The monoisotopic (exact) mass is 287 g/mol. The van der Waals surface area contributed by atoms with Gasteiger partial charge in [-0.15, -0.1) is 11.8 Å². The van der Waals surface area contributed by atoms with Crippen LogP contribution in [0, 0.1) is 5.92 Å². The molecule has 1 aromatic rings. The maximum Gasteiger partial charge on any atom is 0.0783 e. The Bertz CT molecular complexity index is 498. The maximum absolute atomic E-state index is 4.70. The average molecular weight is 287 g/mol. The summed E-state index contributed by atoms with van der Waals surface area (Å²) in [5, 5.41) is 1.29. The third-order valence-corrected chi connectivity index (χ3v) is 4.68. The van der Waals surface area contributed by atoms with Crippen LogP contribution in [0.1, 0.15) is 45.6 Å². The largest absolute Gasteiger partial charge is 0.246 e. The topological polar surface area (TPSA) is 12.4 Å². The molecule has 0 fully saturated rings. The molecule has 0 unspecified atom stereocenters. The number of para-hydroxylation sites is 1. The molecule has 0 amide bonds. The molecule has 1 atom stereocenters. The fourth-order valence-electron chi connectivity index (χ4n) is 2.37. The number of allylic oxidation sites excluding steroid dienone is 2. The summed E-state index contributed by atoms with van der Waals surface area (Å²) >= 11 is 1.94. The van der Waals surface area contributed by atoms with E-state index in [0.29, 0.717) is 0 Å². The van der Waals surface area contributed by atoms with Gasteiger partial charge in [-0.3, -0.25) is 0 Å². The molecule has 0 radical (unpaired) electrons. The van der Waals surface area contributed by atoms with E-state index < -0.39 is 0 Å². The molecule has 1 nitrogen and oxygen atoms in total. The van der Waals surface area contributed by atoms with Gasteiger partial charge >= 0.3 is 0 Å². The van der Waals surface area contributed by atoms with Crippen molar-refractivity contribution in [3.63, 3.8) is 0 Å². The van der Waals surface area contributed by atoms with Gasteiger partial charge in [0.05, 0.1) is 10.7 Å². The van der Waals surface area contributed by atoms with E-state index in [4.69, 9.17) is 4.99 Å². The number of hydrogen-bond acceptors (Lipinski definition) is 2. The van der Waals surface area contributed by atoms with Crippen molar-refractivity contribution in [3.05, 3.63) is 41.5 Å². The third-order valence-electron chi connectivity index (χ3n) is 3.67. The van der Waals surface area contributed by atoms with Crippen molar-refractivity contribution in [3.8, 4) is 0 Å². The lowest BCUT2D eigenvalue weighted by molar-refractivity contribution is 0.525. The molecule has 2 heteroatoms. The molecule has 0 aromatic heterocycles. The SMILES string of the molecule is CC(C)=CCC[C@H](C)CCSC1=Nc2ccccc2C1. The zero-order valence-electron chi connectivity index (χ0n) is 12.9. The summed E-state index contributed by atoms with van der Waals surface area (Å²) in [5.74, 6) is 2.01. The molecule has 0 N–H and O–H groups in total. The predicted molar refractivity (Wildman–Crippen MR) is 92.1 cm³/mol. The Morgan fingerprint density at radius 3 is 2.85 bits per heavy atom. The molecule has 108 valence electrons. The maximum atomic E-state index is 4.70. The third kappa shape index (κ3) is 4.82. The Morgan fingerprint density at radius 2 is 2.10 bits per heavy atom. The van der Waals surface area contributed by atoms with Gasteiger partial charge in [-0.05, 0) is 56.4 Å². The second-order valence-electron chi connectivity index (χ2n) is 5.91. The number of nitrogens with zero attached hydrogens (tertiary/aromatic N) is 1. The van der Waals surface area contributed by atoms with Gasteiger partial charge in [-0.25, -0.2) is 4.99 Å². The summed E-state index contributed by atoms with van der Waals surface area (Å²) in [4.78, 5) is 4.70. The van der Waals surface area contributed by atoms with Crippen LogP contribution in [0.2, 0.25) is 0 Å². The lowest BCUT2D eigenvalue weighted by Crippen LogP contribution is -1.99. The standard InChI is InChI=1S/C18H25NS/c1-14(2)7-6-8-15(3)11-12-20-18-13-16-9-4-5-10-17(16)19-18/h4-5,7,9-10,15H,6,8,11-13H2,1-3H3/t15-/m0/s1. The summed E-state index contributed by atoms with van der Waals surface area (Å²) in [6.45, 7) is 6.72. The van der Waals surface area contributed by atoms with Crippen LogP contribution < -0.4 is 0 Å². The Kier molecular flexibility index (Phi) is 5.90. The van der Waals surface area contributed by atoms with Crippen molar-refractivity contribution in [2.75, 3.05) is 5.75 Å². The molecule has 0 spiro atoms. The van der Waals surface area contributed by atoms with Gasteiger partial charge in [0.15, 0.2) is 0 Å². The van der Waals surface area contributed by atoms with Crippen LogP contribution in [-0.2, 0) is 6.42 Å². The fraction of sp³-hybridized carbons (Fsp3) is 0.500. The van der Waals surface area contributed by atoms with E-state index >= 15 is 0 Å². The minimum Gasteiger partial charge on any atom is -0.246 e. The van der Waals surface area contributed by atoms with Gasteiger partial charge in [-0.2, -0.15) is 0 Å². The van der Waals surface area contributed by atoms with Gasteiger partial charge in [0, 0.05) is 6.42 Å². The molecule has 0 bridgehead atoms. The van der Waals surface area contributed by atoms with E-state index in [1.165, 1.54) is 46.9 Å². The highest BCUT2D eigenvalue weighted by molar-refractivity contribution is 8.14. The van der Waals surface area contributed by atoms with Crippen LogP contribution in [0.4, 0.5) is 5.69 Å². The lowest BCUT2D eigenvalue weighted by atomic mass is 10.0. The van der Waals surface area contributed by atoms with E-state index in [1.807, 2.05) is 11.8 Å². The molecular formula is C18H25NS. The molecule has 0 aliphatic carbocycles. The van der Waals surface area contributed by atoms with E-state index in [-0.39, 0.29) is 0 Å². The number of hydrogen-bond donors (Lipinski definition) is 0. The number of rotatable bonds is 6. The number of fused-ring (bicyclic) bond motifs is 1. The van der Waals surface area contributed by atoms with E-state index in [9.17, 15) is 0 Å². The van der Waals surface area contributed by atoms with Crippen LogP contribution >= 0.6 is 11.8 Å². The molecule has 1 aliphatic heterocycles. The Labute approximate surface area is 127 Å². The van der Waals surface area contributed by atoms with Gasteiger partial charge < -0.3 is 0 Å². The predicted octanol–water partition coefficient (Wildman–Crippen LogP) is 5.78. The number of thioether (sulfide) groups is 1. The van der Waals surface area contributed by atoms with Gasteiger partial charge in [0.25, 0.3) is 0 Å². The van der Waals surface area contributed by atoms with Gasteiger partial charge in [0.2, 0.25) is 0 Å². The fourth-order valence-corrected chi connectivity index (χ4v) is 3.54. The lowest BCUT2D eigenvalue weighted by Gasteiger charge is -2.09. The Morgan fingerprint density at radius 1 is 1.30 bits per heavy atom. The van der Waals surface area contributed by atoms with Crippen LogP contribution in [-0.4, -0.2) is 10.8 Å². The zero-order valence-corrected chi connectivity index (χ0v) is 13.7. The van der Waals surface area contributed by atoms with Crippen molar-refractivity contribution in [1.29, 1.82) is 0 Å². The zero-order chi connectivity index (χ0) is 14.4. The average Bonchev–Trinajstić information content (AvgIpc) is 2.80. The summed E-state index contributed by atoms with van der Waals surface area (Å²) < 4.78 is 0. The number of aliphatic imine (C=N–C) groups is 1. The Balaban J connectivity index is 1.66. The number of benzene rings is 1. The van der Waals surface area contributed by atoms with Crippen molar-refractivity contribution in [2.45, 2.75) is 46.5 Å². The molecule has 0 saturated carbocycles. The molecule has 20 heavy (non-hydrogen) atoms. The van der Waals surface area contributed by atoms with Gasteiger partial charge in [-0.1, -0.05) is 36.8 Å². The van der Waals surface area contributed by atoms with E-state index in [1.54, 1.807) is 0 Å². The first kappa shape index (κ1) is 15.4. The van der Waals surface area contributed by atoms with Crippen molar-refractivity contribution in [2.24, 2.45) is 10.9 Å². The Hall–Kier alpha value is -1.02. The van der Waals surface area contributed by atoms with Gasteiger partial charge in [0.1, 0.15) is 0 Å². The molecule has 0 saturated heterocycles. The smallest absolute Gasteiger partial charge is 0.0783 e. The molecule has 2 rings (SSSR count). The second-order valence-corrected chi connectivity index (χ2v) is 7.08. The second kappa shape index (κ2) is 7.68. The van der Waals surface area contributed by atoms with Crippen LogP contribution in [0.3, 0.4) is 0 Å². The normalized spacial score (nSPS) is 14.7. The molecular weight excluding hydrogens is 262 g/mol. The van der Waals surface area contributed by atoms with Crippen LogP contribution in [0.5, 0.6) is 0 Å². The van der Waals surface area contributed by atoms with Crippen molar-refractivity contribution >= 4 is 22.5 Å². The first-order chi connectivity index (χ1) is 9.65. The molecule has 1 heterocycles. The van der Waals surface area contributed by atoms with E-state index in [0.717, 1.165) is 12.3 Å². The first-order valence-electron chi connectivity index (χ1n) is 7.57. The quantitative estimate of drug-likeness (QED) is 0.604. The highest BCUT2D eigenvalue weighted by Crippen LogP contribution is 2.30. The summed E-state index contributed by atoms with van der Waals surface area (Å²) in [6, 6.07) is 8.48. The highest BCUT2D eigenvalue weighted by atomic mass is 32.2. The molecule has 1 aliphatic rings. The summed E-state index contributed by atoms with van der Waals surface area (Å²) in [6.07, 6.45) is 7.20. The minimum atomic E-state index is 0.808. The van der Waals surface area contributed by atoms with Crippen molar-refractivity contribution in [1.82, 2.24) is 0 Å². The highest BCUT2D eigenvalue weighted by Gasteiger charge is 2.14. The van der Waals surface area contributed by atoms with Crippen LogP contribution in [0.25, 0.3) is 0 Å². The summed E-state index contributed by atoms with van der Waals surface area (Å²) in [7, 11) is 0. The molecule has 1 aromatic carbocycles.